The molecule has 8 nitrogen and oxygen atoms in total. The molecule has 0 unspecified atom stereocenters. The minimum Gasteiger partial charge on any atom is -0.493 e. The number of methoxy groups -OCH3 is 2. The van der Waals surface area contributed by atoms with Crippen molar-refractivity contribution in [3.63, 3.8) is 0 Å². The molecule has 0 bridgehead atoms. The summed E-state index contributed by atoms with van der Waals surface area (Å²) in [5, 5.41) is -0.0326. The molecule has 11 heteroatoms. The van der Waals surface area contributed by atoms with Gasteiger partial charge in [-0.2, -0.15) is 0 Å². The number of carbonyl (C=O) groups is 2. The Hall–Kier alpha value is -2.75. The maximum absolute atomic E-state index is 14.8. The van der Waals surface area contributed by atoms with Gasteiger partial charge in [0.1, 0.15) is 12.1 Å². The Bertz CT molecular complexity index is 774. The normalized spacial score (nSPS) is 11.5. The van der Waals surface area contributed by atoms with Crippen LogP contribution in [0.2, 0.25) is 0 Å². The molecule has 0 aliphatic rings. The largest absolute Gasteiger partial charge is 0.493 e. The molecule has 0 saturated heterocycles. The topological polar surface area (TPSA) is 89.8 Å². The third kappa shape index (κ3) is 6.67. The maximum atomic E-state index is 14.8. The van der Waals surface area contributed by atoms with E-state index in [4.69, 9.17) is 25.8 Å². The van der Waals surface area contributed by atoms with Gasteiger partial charge in [0, 0.05) is 32.3 Å². The number of rotatable bonds is 9. The van der Waals surface area contributed by atoms with E-state index in [0.29, 0.717) is 0 Å². The Labute approximate surface area is 172 Å². The van der Waals surface area contributed by atoms with Crippen molar-refractivity contribution < 1.29 is 32.6 Å². The van der Waals surface area contributed by atoms with Gasteiger partial charge in [-0.25, -0.2) is 13.8 Å². The van der Waals surface area contributed by atoms with Crippen LogP contribution >= 0.6 is 11.6 Å². The van der Waals surface area contributed by atoms with Gasteiger partial charge in [0.05, 0.1) is 20.8 Å². The second kappa shape index (κ2) is 11.9. The molecule has 0 heterocycles. The lowest BCUT2D eigenvalue weighted by Gasteiger charge is -2.24. The molecule has 1 aromatic rings. The first-order chi connectivity index (χ1) is 13.8. The minimum atomic E-state index is -1.12. The summed E-state index contributed by atoms with van der Waals surface area (Å²) in [5.74, 6) is -4.60. The number of carbonyl (C=O) groups excluding carboxylic acids is 2. The van der Waals surface area contributed by atoms with E-state index < -0.39 is 35.6 Å². The first-order valence-electron chi connectivity index (χ1n) is 8.51. The summed E-state index contributed by atoms with van der Waals surface area (Å²) in [6.07, 6.45) is 0.687. The summed E-state index contributed by atoms with van der Waals surface area (Å²) in [6.45, 7) is 1.42. The molecule has 0 aromatic heterocycles. The molecule has 0 saturated carbocycles. The van der Waals surface area contributed by atoms with E-state index in [1.165, 1.54) is 27.5 Å². The van der Waals surface area contributed by atoms with Crippen molar-refractivity contribution >= 4 is 40.7 Å². The number of amides is 1. The number of ether oxygens (including phenoxy) is 3. The fourth-order valence-electron chi connectivity index (χ4n) is 2.29. The van der Waals surface area contributed by atoms with Crippen molar-refractivity contribution in [2.24, 2.45) is 9.98 Å². The van der Waals surface area contributed by atoms with Crippen molar-refractivity contribution in [2.45, 2.75) is 19.8 Å². The van der Waals surface area contributed by atoms with Crippen LogP contribution in [-0.4, -0.2) is 57.8 Å². The van der Waals surface area contributed by atoms with Crippen LogP contribution in [0.25, 0.3) is 0 Å². The number of anilines is 1. The number of hydrogen-bond acceptors (Lipinski definition) is 6. The third-order valence-electron chi connectivity index (χ3n) is 3.59. The highest BCUT2D eigenvalue weighted by Gasteiger charge is 2.29. The van der Waals surface area contributed by atoms with Crippen molar-refractivity contribution in [2.75, 3.05) is 39.3 Å². The number of halogens is 3. The maximum Gasteiger partial charge on any atom is 0.315 e. The highest BCUT2D eigenvalue weighted by atomic mass is 35.5. The van der Waals surface area contributed by atoms with Crippen LogP contribution in [0.5, 0.6) is 11.5 Å². The van der Waals surface area contributed by atoms with E-state index >= 15 is 0 Å². The zero-order valence-electron chi connectivity index (χ0n) is 16.5. The van der Waals surface area contributed by atoms with Crippen LogP contribution in [0.1, 0.15) is 19.8 Å². The van der Waals surface area contributed by atoms with E-state index in [9.17, 15) is 18.4 Å². The summed E-state index contributed by atoms with van der Waals surface area (Å²) >= 11 is 5.65. The van der Waals surface area contributed by atoms with Crippen molar-refractivity contribution in [1.29, 1.82) is 0 Å². The van der Waals surface area contributed by atoms with Gasteiger partial charge in [-0.1, -0.05) is 0 Å². The van der Waals surface area contributed by atoms with Gasteiger partial charge in [0.25, 0.3) is 0 Å². The summed E-state index contributed by atoms with van der Waals surface area (Å²) in [5.41, 5.74) is -0.709. The molecule has 1 rings (SSSR count). The van der Waals surface area contributed by atoms with Crippen LogP contribution < -0.4 is 14.4 Å². The van der Waals surface area contributed by atoms with Crippen molar-refractivity contribution in [3.8, 4) is 11.5 Å². The van der Waals surface area contributed by atoms with Gasteiger partial charge in [-0.15, -0.1) is 0 Å². The third-order valence-corrected chi connectivity index (χ3v) is 3.85. The molecular weight excluding hydrogens is 412 g/mol. The van der Waals surface area contributed by atoms with Gasteiger partial charge in [0.15, 0.2) is 23.1 Å². The second-order valence-corrected chi connectivity index (χ2v) is 5.72. The van der Waals surface area contributed by atoms with E-state index in [-0.39, 0.29) is 36.4 Å². The number of nitrogens with zero attached hydrogens (tertiary/aromatic N) is 3. The number of amidine groups is 1. The van der Waals surface area contributed by atoms with Gasteiger partial charge in [-0.05, 0) is 18.5 Å². The Balaban J connectivity index is 3.34. The molecule has 0 spiro atoms. The number of hydrogen-bond donors (Lipinski definition) is 0. The molecule has 0 aliphatic carbocycles. The fraction of sp³-hybridized carbons (Fsp3) is 0.444. The average Bonchev–Trinajstić information content (AvgIpc) is 2.69. The highest BCUT2D eigenvalue weighted by molar-refractivity contribution is 6.65. The van der Waals surface area contributed by atoms with Gasteiger partial charge in [-0.3, -0.25) is 14.6 Å². The lowest BCUT2D eigenvalue weighted by molar-refractivity contribution is -0.145. The Morgan fingerprint density at radius 1 is 1.21 bits per heavy atom. The van der Waals surface area contributed by atoms with Crippen molar-refractivity contribution in [3.05, 3.63) is 17.7 Å². The van der Waals surface area contributed by atoms with E-state index in [0.717, 1.165) is 11.0 Å². The lowest BCUT2D eigenvalue weighted by Crippen LogP contribution is -2.35. The first kappa shape index (κ1) is 24.3. The van der Waals surface area contributed by atoms with Crippen LogP contribution in [0.15, 0.2) is 16.1 Å². The highest BCUT2D eigenvalue weighted by Crippen LogP contribution is 2.37. The smallest absolute Gasteiger partial charge is 0.315 e. The zero-order chi connectivity index (χ0) is 22.0. The number of aliphatic imine (C=N–C) groups is 2. The van der Waals surface area contributed by atoms with Gasteiger partial charge >= 0.3 is 5.97 Å². The van der Waals surface area contributed by atoms with E-state index in [1.807, 2.05) is 0 Å². The number of benzene rings is 1. The molecule has 0 radical (unpaired) electrons. The molecule has 0 aliphatic heterocycles. The summed E-state index contributed by atoms with van der Waals surface area (Å²) in [4.78, 5) is 32.5. The van der Waals surface area contributed by atoms with Gasteiger partial charge in [0.2, 0.25) is 11.2 Å². The molecule has 1 aromatic carbocycles. The monoisotopic (exact) mass is 433 g/mol. The molecular formula is C18H22ClF2N3O5. The minimum absolute atomic E-state index is 0.0326. The van der Waals surface area contributed by atoms with E-state index in [2.05, 4.69) is 9.98 Å². The Kier molecular flexibility index (Phi) is 10.0. The van der Waals surface area contributed by atoms with Gasteiger partial charge < -0.3 is 19.1 Å². The quantitative estimate of drug-likeness (QED) is 0.196. The molecule has 1 amide bonds. The first-order valence-corrected chi connectivity index (χ1v) is 8.89. The predicted octanol–water partition coefficient (Wildman–Crippen LogP) is 2.95. The van der Waals surface area contributed by atoms with Crippen molar-refractivity contribution in [1.82, 2.24) is 0 Å². The van der Waals surface area contributed by atoms with Crippen LogP contribution in [0.4, 0.5) is 14.5 Å². The SMILES string of the molecule is CCOC(=O)CC(=O)N(CC/C=N\C(Cl)=N/C)c1c(F)c(OC)cc(OC)c1F. The average molecular weight is 434 g/mol. The zero-order valence-corrected chi connectivity index (χ0v) is 17.3. The molecule has 29 heavy (non-hydrogen) atoms. The predicted molar refractivity (Wildman–Crippen MR) is 105 cm³/mol. The Morgan fingerprint density at radius 2 is 1.79 bits per heavy atom. The molecule has 0 N–H and O–H groups in total. The summed E-state index contributed by atoms with van der Waals surface area (Å²) in [6, 6.07) is 1.01. The lowest BCUT2D eigenvalue weighted by atomic mass is 10.2. The molecule has 0 atom stereocenters. The standard InChI is InChI=1S/C18H22ClF2N3O5/c1-5-29-14(26)10-13(25)24(8-6-7-23-18(19)22-2)17-15(20)11(27-3)9-12(28-4)16(17)21/h7,9H,5-6,8,10H2,1-4H3/b22-18-,23-7-. The summed E-state index contributed by atoms with van der Waals surface area (Å²) < 4.78 is 44.2. The van der Waals surface area contributed by atoms with Crippen LogP contribution in [0, 0.1) is 11.6 Å². The fourth-order valence-corrected chi connectivity index (χ4v) is 2.36. The number of esters is 1. The van der Waals surface area contributed by atoms with E-state index in [1.54, 1.807) is 6.92 Å². The summed E-state index contributed by atoms with van der Waals surface area (Å²) in [7, 11) is 3.80. The molecule has 160 valence electrons. The second-order valence-electron chi connectivity index (χ2n) is 5.38. The van der Waals surface area contributed by atoms with Crippen LogP contribution in [0.3, 0.4) is 0 Å². The van der Waals surface area contributed by atoms with Crippen LogP contribution in [-0.2, 0) is 14.3 Å². The molecule has 0 fully saturated rings. The Morgan fingerprint density at radius 3 is 2.28 bits per heavy atom.